The minimum atomic E-state index is -0.652. The molecule has 0 fully saturated rings. The average Bonchev–Trinajstić information content (AvgIpc) is 2.38. The number of ether oxygens (including phenoxy) is 1. The van der Waals surface area contributed by atoms with Crippen molar-refractivity contribution in [3.05, 3.63) is 45.3 Å². The number of nitro groups is 1. The fraction of sp³-hybridized carbons (Fsp3) is 0.273. The highest BCUT2D eigenvalue weighted by molar-refractivity contribution is 9.10. The summed E-state index contributed by atoms with van der Waals surface area (Å²) in [5.41, 5.74) is 0.173. The van der Waals surface area contributed by atoms with Crippen molar-refractivity contribution >= 4 is 27.7 Å². The van der Waals surface area contributed by atoms with Crippen LogP contribution in [0.4, 0.5) is 5.82 Å². The third-order valence-corrected chi connectivity index (χ3v) is 2.75. The Bertz CT molecular complexity index is 493. The van der Waals surface area contributed by atoms with Crippen LogP contribution in [0.2, 0.25) is 0 Å². The molecule has 0 aliphatic rings. The first kappa shape index (κ1) is 15.1. The summed E-state index contributed by atoms with van der Waals surface area (Å²) >= 11 is 3.13. The van der Waals surface area contributed by atoms with E-state index >= 15 is 0 Å². The summed E-state index contributed by atoms with van der Waals surface area (Å²) < 4.78 is 5.30. The van der Waals surface area contributed by atoms with Crippen molar-refractivity contribution < 1.29 is 14.5 Å². The zero-order valence-corrected chi connectivity index (χ0v) is 11.6. The summed E-state index contributed by atoms with van der Waals surface area (Å²) in [5.74, 6) is -0.778. The highest BCUT2D eigenvalue weighted by atomic mass is 79.9. The molecular weight excluding hydrogens is 318 g/mol. The average molecular weight is 330 g/mol. The number of rotatable bonds is 7. The van der Waals surface area contributed by atoms with Crippen molar-refractivity contribution in [1.82, 2.24) is 10.3 Å². The molecule has 1 rings (SSSR count). The molecule has 0 saturated heterocycles. The highest BCUT2D eigenvalue weighted by Gasteiger charge is 2.16. The van der Waals surface area contributed by atoms with Crippen molar-refractivity contribution in [3.8, 4) is 0 Å². The molecule has 1 amide bonds. The first-order valence-electron chi connectivity index (χ1n) is 5.37. The Kier molecular flexibility index (Phi) is 5.94. The minimum absolute atomic E-state index is 0.173. The predicted molar refractivity (Wildman–Crippen MR) is 71.7 cm³/mol. The predicted octanol–water partition coefficient (Wildman–Crippen LogP) is 2.03. The number of amides is 1. The molecule has 1 heterocycles. The molecule has 8 heteroatoms. The van der Waals surface area contributed by atoms with E-state index in [0.717, 1.165) is 6.07 Å². The van der Waals surface area contributed by atoms with Crippen molar-refractivity contribution in [2.45, 2.75) is 6.42 Å². The Hall–Kier alpha value is -1.96. The lowest BCUT2D eigenvalue weighted by molar-refractivity contribution is -0.389. The summed E-state index contributed by atoms with van der Waals surface area (Å²) in [6.07, 6.45) is 3.17. The lowest BCUT2D eigenvalue weighted by Crippen LogP contribution is -2.25. The van der Waals surface area contributed by atoms with Crippen molar-refractivity contribution in [2.75, 3.05) is 13.2 Å². The molecule has 1 aromatic rings. The summed E-state index contributed by atoms with van der Waals surface area (Å²) in [7, 11) is 0. The second-order valence-corrected chi connectivity index (χ2v) is 4.28. The first-order valence-corrected chi connectivity index (χ1v) is 6.16. The van der Waals surface area contributed by atoms with Gasteiger partial charge in [-0.2, -0.15) is 0 Å². The molecule has 19 heavy (non-hydrogen) atoms. The van der Waals surface area contributed by atoms with Crippen LogP contribution in [-0.2, 0) is 4.74 Å². The van der Waals surface area contributed by atoms with Gasteiger partial charge in [0.15, 0.2) is 6.20 Å². The van der Waals surface area contributed by atoms with Gasteiger partial charge in [0, 0.05) is 12.6 Å². The number of halogens is 1. The summed E-state index contributed by atoms with van der Waals surface area (Å²) in [6.45, 7) is 4.24. The molecule has 0 unspecified atom stereocenters. The third-order valence-electron chi connectivity index (χ3n) is 2.11. The van der Waals surface area contributed by atoms with E-state index in [-0.39, 0.29) is 11.4 Å². The van der Waals surface area contributed by atoms with Gasteiger partial charge < -0.3 is 20.2 Å². The molecule has 0 aliphatic heterocycles. The van der Waals surface area contributed by atoms with Gasteiger partial charge in [-0.1, -0.05) is 6.58 Å². The first-order chi connectivity index (χ1) is 9.06. The van der Waals surface area contributed by atoms with Gasteiger partial charge in [0.2, 0.25) is 0 Å². The van der Waals surface area contributed by atoms with Crippen LogP contribution in [0.5, 0.6) is 0 Å². The monoisotopic (exact) mass is 329 g/mol. The normalized spacial score (nSPS) is 9.74. The van der Waals surface area contributed by atoms with E-state index in [1.165, 1.54) is 12.5 Å². The van der Waals surface area contributed by atoms with E-state index in [9.17, 15) is 14.9 Å². The number of nitrogens with one attached hydrogen (secondary N) is 1. The number of hydrogen-bond donors (Lipinski definition) is 1. The number of carbonyl (C=O) groups is 1. The lowest BCUT2D eigenvalue weighted by atomic mass is 10.2. The van der Waals surface area contributed by atoms with Gasteiger partial charge in [0.25, 0.3) is 5.91 Å². The zero-order chi connectivity index (χ0) is 14.3. The molecule has 0 atom stereocenters. The second-order valence-electron chi connectivity index (χ2n) is 3.43. The number of hydrogen-bond acceptors (Lipinski definition) is 5. The van der Waals surface area contributed by atoms with Gasteiger partial charge in [-0.3, -0.25) is 4.79 Å². The van der Waals surface area contributed by atoms with Gasteiger partial charge in [0.05, 0.1) is 22.9 Å². The van der Waals surface area contributed by atoms with Crippen LogP contribution < -0.4 is 5.32 Å². The van der Waals surface area contributed by atoms with Crippen LogP contribution in [0.3, 0.4) is 0 Å². The number of aromatic nitrogens is 1. The van der Waals surface area contributed by atoms with E-state index in [4.69, 9.17) is 4.74 Å². The highest BCUT2D eigenvalue weighted by Crippen LogP contribution is 2.19. The Morgan fingerprint density at radius 3 is 3.05 bits per heavy atom. The molecule has 0 aromatic carbocycles. The molecule has 0 aliphatic carbocycles. The van der Waals surface area contributed by atoms with Crippen LogP contribution in [0.15, 0.2) is 29.6 Å². The van der Waals surface area contributed by atoms with E-state index in [1.54, 1.807) is 0 Å². The van der Waals surface area contributed by atoms with Crippen LogP contribution in [0.1, 0.15) is 16.8 Å². The number of carbonyl (C=O) groups excluding carboxylic acids is 1. The van der Waals surface area contributed by atoms with Gasteiger partial charge in [0.1, 0.15) is 0 Å². The standard InChI is InChI=1S/C11H12BrN3O4/c1-2-19-5-3-4-13-11(16)8-6-10(15(17)18)14-7-9(8)12/h2,6-7H,1,3-5H2,(H,13,16). The molecule has 1 N–H and O–H groups in total. The SMILES string of the molecule is C=COCCCNC(=O)c1cc([N+](=O)[O-])ncc1Br. The van der Waals surface area contributed by atoms with E-state index < -0.39 is 10.8 Å². The Balaban J connectivity index is 2.63. The lowest BCUT2D eigenvalue weighted by Gasteiger charge is -2.06. The zero-order valence-electron chi connectivity index (χ0n) is 9.97. The number of nitrogens with zero attached hydrogens (tertiary/aromatic N) is 2. The van der Waals surface area contributed by atoms with Gasteiger partial charge in [-0.25, -0.2) is 0 Å². The summed E-state index contributed by atoms with van der Waals surface area (Å²) in [6, 6.07) is 1.12. The van der Waals surface area contributed by atoms with Gasteiger partial charge in [-0.05, 0) is 32.3 Å². The molecule has 0 spiro atoms. The molecule has 7 nitrogen and oxygen atoms in total. The molecule has 0 radical (unpaired) electrons. The fourth-order valence-electron chi connectivity index (χ4n) is 1.24. The Morgan fingerprint density at radius 1 is 1.68 bits per heavy atom. The smallest absolute Gasteiger partial charge is 0.364 e. The van der Waals surface area contributed by atoms with Crippen LogP contribution in [0.25, 0.3) is 0 Å². The van der Waals surface area contributed by atoms with E-state index in [2.05, 4.69) is 32.8 Å². The van der Waals surface area contributed by atoms with Crippen LogP contribution in [0, 0.1) is 10.1 Å². The molecular formula is C11H12BrN3O4. The second kappa shape index (κ2) is 7.47. The maximum Gasteiger partial charge on any atom is 0.364 e. The van der Waals surface area contributed by atoms with Crippen molar-refractivity contribution in [3.63, 3.8) is 0 Å². The van der Waals surface area contributed by atoms with Crippen molar-refractivity contribution in [2.24, 2.45) is 0 Å². The number of pyridine rings is 1. The summed E-state index contributed by atoms with van der Waals surface area (Å²) in [5, 5.41) is 13.2. The van der Waals surface area contributed by atoms with Gasteiger partial charge >= 0.3 is 5.82 Å². The topological polar surface area (TPSA) is 94.4 Å². The quantitative estimate of drug-likeness (QED) is 0.357. The molecule has 1 aromatic heterocycles. The largest absolute Gasteiger partial charge is 0.502 e. The Morgan fingerprint density at radius 2 is 2.42 bits per heavy atom. The maximum absolute atomic E-state index is 11.8. The minimum Gasteiger partial charge on any atom is -0.502 e. The Labute approximate surface area is 117 Å². The van der Waals surface area contributed by atoms with Crippen LogP contribution >= 0.6 is 15.9 Å². The summed E-state index contributed by atoms with van der Waals surface area (Å²) in [4.78, 5) is 25.3. The molecule has 102 valence electrons. The molecule has 0 saturated carbocycles. The fourth-order valence-corrected chi connectivity index (χ4v) is 1.63. The third kappa shape index (κ3) is 4.66. The maximum atomic E-state index is 11.8. The van der Waals surface area contributed by atoms with Gasteiger partial charge in [-0.15, -0.1) is 0 Å². The van der Waals surface area contributed by atoms with E-state index in [0.29, 0.717) is 24.0 Å². The van der Waals surface area contributed by atoms with Crippen molar-refractivity contribution in [1.29, 1.82) is 0 Å². The van der Waals surface area contributed by atoms with Crippen LogP contribution in [-0.4, -0.2) is 29.0 Å². The molecule has 0 bridgehead atoms. The van der Waals surface area contributed by atoms with E-state index in [1.807, 2.05) is 0 Å².